The summed E-state index contributed by atoms with van der Waals surface area (Å²) in [5, 5.41) is 3.28. The van der Waals surface area contributed by atoms with Crippen molar-refractivity contribution in [2.24, 2.45) is 0 Å². The van der Waals surface area contributed by atoms with Crippen molar-refractivity contribution >= 4 is 21.8 Å². The fraction of sp³-hybridized carbons (Fsp3) is 0.538. The van der Waals surface area contributed by atoms with Gasteiger partial charge < -0.3 is 15.2 Å². The number of halogens is 1. The van der Waals surface area contributed by atoms with Gasteiger partial charge in [0.25, 0.3) is 11.5 Å². The maximum Gasteiger partial charge on any atom is 0.262 e. The van der Waals surface area contributed by atoms with E-state index in [1.54, 1.807) is 6.07 Å². The van der Waals surface area contributed by atoms with E-state index in [2.05, 4.69) is 33.2 Å². The first kappa shape index (κ1) is 14.3. The molecule has 2 N–H and O–H groups in total. The Hall–Kier alpha value is -1.14. The first-order valence-electron chi connectivity index (χ1n) is 6.53. The van der Waals surface area contributed by atoms with Gasteiger partial charge in [0.1, 0.15) is 0 Å². The van der Waals surface area contributed by atoms with E-state index >= 15 is 0 Å². The molecule has 0 aromatic carbocycles. The molecule has 19 heavy (non-hydrogen) atoms. The largest absolute Gasteiger partial charge is 0.334 e. The Morgan fingerprint density at radius 1 is 1.58 bits per heavy atom. The molecule has 2 rings (SSSR count). The Morgan fingerprint density at radius 2 is 2.37 bits per heavy atom. The first-order chi connectivity index (χ1) is 9.13. The fourth-order valence-electron chi connectivity index (χ4n) is 2.34. The van der Waals surface area contributed by atoms with Gasteiger partial charge in [0.2, 0.25) is 0 Å². The molecule has 0 radical (unpaired) electrons. The third-order valence-corrected chi connectivity index (χ3v) is 3.89. The average Bonchev–Trinajstić information content (AvgIpc) is 2.92. The van der Waals surface area contributed by atoms with Crippen molar-refractivity contribution in [3.05, 3.63) is 32.7 Å². The van der Waals surface area contributed by atoms with Crippen LogP contribution in [0.4, 0.5) is 0 Å². The van der Waals surface area contributed by atoms with Crippen LogP contribution >= 0.6 is 15.9 Å². The molecule has 1 amide bonds. The van der Waals surface area contributed by atoms with Crippen LogP contribution in [0, 0.1) is 0 Å². The Morgan fingerprint density at radius 3 is 2.95 bits per heavy atom. The number of rotatable bonds is 4. The maximum absolute atomic E-state index is 12.5. The lowest BCUT2D eigenvalue weighted by Crippen LogP contribution is -2.42. The van der Waals surface area contributed by atoms with E-state index in [9.17, 15) is 9.59 Å². The van der Waals surface area contributed by atoms with Crippen LogP contribution in [0.3, 0.4) is 0 Å². The van der Waals surface area contributed by atoms with E-state index in [4.69, 9.17) is 0 Å². The smallest absolute Gasteiger partial charge is 0.262 e. The van der Waals surface area contributed by atoms with Crippen LogP contribution in [0.25, 0.3) is 0 Å². The van der Waals surface area contributed by atoms with E-state index in [0.717, 1.165) is 32.5 Å². The van der Waals surface area contributed by atoms with Crippen LogP contribution in [0.2, 0.25) is 0 Å². The summed E-state index contributed by atoms with van der Waals surface area (Å²) in [5.74, 6) is -0.0208. The lowest BCUT2D eigenvalue weighted by Gasteiger charge is -2.28. The summed E-state index contributed by atoms with van der Waals surface area (Å²) in [6.07, 6.45) is 3.39. The molecule has 0 aliphatic carbocycles. The molecule has 0 spiro atoms. The van der Waals surface area contributed by atoms with Crippen molar-refractivity contribution in [3.63, 3.8) is 0 Å². The number of carbonyl (C=O) groups excluding carboxylic acids is 1. The minimum Gasteiger partial charge on any atom is -0.334 e. The second kappa shape index (κ2) is 6.34. The number of aromatic nitrogens is 1. The zero-order chi connectivity index (χ0) is 13.8. The summed E-state index contributed by atoms with van der Waals surface area (Å²) in [6.45, 7) is 4.59. The Bertz CT molecular complexity index is 509. The molecule has 1 aromatic rings. The lowest BCUT2D eigenvalue weighted by molar-refractivity contribution is 0.0691. The van der Waals surface area contributed by atoms with Gasteiger partial charge in [-0.25, -0.2) is 0 Å². The van der Waals surface area contributed by atoms with Gasteiger partial charge in [-0.15, -0.1) is 0 Å². The van der Waals surface area contributed by atoms with Gasteiger partial charge in [-0.3, -0.25) is 9.59 Å². The van der Waals surface area contributed by atoms with Gasteiger partial charge >= 0.3 is 0 Å². The van der Waals surface area contributed by atoms with Crippen LogP contribution in [-0.2, 0) is 0 Å². The topological polar surface area (TPSA) is 65.2 Å². The molecule has 0 saturated carbocycles. The standard InChI is InChI=1S/C13H18BrN3O2/c1-2-5-17(10-3-4-15-8-10)13(19)9-6-11(14)12(18)16-7-9/h6-7,10,15H,2-5,8H2,1H3,(H,16,18). The summed E-state index contributed by atoms with van der Waals surface area (Å²) < 4.78 is 0.388. The molecule has 104 valence electrons. The maximum atomic E-state index is 12.5. The number of pyridine rings is 1. The predicted molar refractivity (Wildman–Crippen MR) is 77.4 cm³/mol. The van der Waals surface area contributed by atoms with E-state index in [-0.39, 0.29) is 17.5 Å². The number of aromatic amines is 1. The number of H-pyrrole nitrogens is 1. The highest BCUT2D eigenvalue weighted by Crippen LogP contribution is 2.15. The van der Waals surface area contributed by atoms with E-state index in [1.165, 1.54) is 6.20 Å². The molecule has 1 unspecified atom stereocenters. The molecular weight excluding hydrogens is 310 g/mol. The van der Waals surface area contributed by atoms with Gasteiger partial charge in [0.15, 0.2) is 0 Å². The third-order valence-electron chi connectivity index (χ3n) is 3.31. The Labute approximate surface area is 120 Å². The van der Waals surface area contributed by atoms with Crippen molar-refractivity contribution in [3.8, 4) is 0 Å². The monoisotopic (exact) mass is 327 g/mol. The second-order valence-electron chi connectivity index (χ2n) is 4.71. The number of hydrogen-bond donors (Lipinski definition) is 2. The SMILES string of the molecule is CCCN(C(=O)c1c[nH]c(=O)c(Br)c1)C1CCNC1. The van der Waals surface area contributed by atoms with Crippen LogP contribution in [0.5, 0.6) is 0 Å². The summed E-state index contributed by atoms with van der Waals surface area (Å²) >= 11 is 3.16. The average molecular weight is 328 g/mol. The van der Waals surface area contributed by atoms with Crippen molar-refractivity contribution in [2.75, 3.05) is 19.6 Å². The van der Waals surface area contributed by atoms with Crippen LogP contribution in [-0.4, -0.2) is 41.5 Å². The normalized spacial score (nSPS) is 18.5. The summed E-state index contributed by atoms with van der Waals surface area (Å²) in [7, 11) is 0. The third kappa shape index (κ3) is 3.25. The highest BCUT2D eigenvalue weighted by molar-refractivity contribution is 9.10. The van der Waals surface area contributed by atoms with Crippen LogP contribution < -0.4 is 10.9 Å². The molecule has 1 atom stereocenters. The fourth-order valence-corrected chi connectivity index (χ4v) is 2.70. The Kier molecular flexibility index (Phi) is 4.76. The van der Waals surface area contributed by atoms with E-state index in [1.807, 2.05) is 4.90 Å². The molecule has 1 aliphatic heterocycles. The van der Waals surface area contributed by atoms with Gasteiger partial charge in [-0.2, -0.15) is 0 Å². The van der Waals surface area contributed by atoms with Gasteiger partial charge in [-0.05, 0) is 41.4 Å². The van der Waals surface area contributed by atoms with E-state index < -0.39 is 0 Å². The lowest BCUT2D eigenvalue weighted by atomic mass is 10.1. The van der Waals surface area contributed by atoms with Crippen molar-refractivity contribution in [1.82, 2.24) is 15.2 Å². The summed E-state index contributed by atoms with van der Waals surface area (Å²) in [6, 6.07) is 1.84. The first-order valence-corrected chi connectivity index (χ1v) is 7.32. The minimum absolute atomic E-state index is 0.0208. The number of amides is 1. The molecule has 1 aliphatic rings. The van der Waals surface area contributed by atoms with Crippen LogP contribution in [0.1, 0.15) is 30.1 Å². The highest BCUT2D eigenvalue weighted by atomic mass is 79.9. The molecule has 0 bridgehead atoms. The van der Waals surface area contributed by atoms with Gasteiger partial charge in [0.05, 0.1) is 10.0 Å². The molecular formula is C13H18BrN3O2. The molecule has 1 saturated heterocycles. The highest BCUT2D eigenvalue weighted by Gasteiger charge is 2.26. The molecule has 5 nitrogen and oxygen atoms in total. The minimum atomic E-state index is -0.221. The van der Waals surface area contributed by atoms with Crippen LogP contribution in [0.15, 0.2) is 21.5 Å². The molecule has 1 aromatic heterocycles. The molecule has 6 heteroatoms. The number of nitrogens with zero attached hydrogens (tertiary/aromatic N) is 1. The number of hydrogen-bond acceptors (Lipinski definition) is 3. The van der Waals surface area contributed by atoms with Crippen molar-refractivity contribution < 1.29 is 4.79 Å². The van der Waals surface area contributed by atoms with E-state index in [0.29, 0.717) is 10.0 Å². The second-order valence-corrected chi connectivity index (χ2v) is 5.56. The summed E-state index contributed by atoms with van der Waals surface area (Å²) in [5.41, 5.74) is 0.299. The predicted octanol–water partition coefficient (Wildman–Crippen LogP) is 1.35. The van der Waals surface area contributed by atoms with Crippen molar-refractivity contribution in [1.29, 1.82) is 0 Å². The molecule has 2 heterocycles. The Balaban J connectivity index is 2.22. The summed E-state index contributed by atoms with van der Waals surface area (Å²) in [4.78, 5) is 28.3. The van der Waals surface area contributed by atoms with Gasteiger partial charge in [0, 0.05) is 25.3 Å². The molecule has 1 fully saturated rings. The van der Waals surface area contributed by atoms with Crippen molar-refractivity contribution in [2.45, 2.75) is 25.8 Å². The van der Waals surface area contributed by atoms with Gasteiger partial charge in [-0.1, -0.05) is 6.92 Å². The quantitative estimate of drug-likeness (QED) is 0.877. The zero-order valence-electron chi connectivity index (χ0n) is 10.9. The number of nitrogens with one attached hydrogen (secondary N) is 2. The zero-order valence-corrected chi connectivity index (χ0v) is 12.5. The number of carbonyl (C=O) groups is 1.